The summed E-state index contributed by atoms with van der Waals surface area (Å²) in [6, 6.07) is 29.2. The van der Waals surface area contributed by atoms with E-state index in [-0.39, 0.29) is 41.5 Å². The first-order chi connectivity index (χ1) is 27.7. The lowest BCUT2D eigenvalue weighted by Gasteiger charge is -2.33. The van der Waals surface area contributed by atoms with Gasteiger partial charge >= 0.3 is 12.9 Å². The van der Waals surface area contributed by atoms with Gasteiger partial charge in [0.2, 0.25) is 11.8 Å². The molecule has 15 heteroatoms. The largest absolute Gasteiger partial charge is 0.870 e. The topological polar surface area (TPSA) is 140 Å². The number of allylic oxidation sites excluding steroid dienone is 2. The number of carbonyl (C=O) groups excluding carboxylic acids is 4. The fourth-order valence-electron chi connectivity index (χ4n) is 8.00. The third-order valence-corrected chi connectivity index (χ3v) is 17.7. The number of amides is 2. The van der Waals surface area contributed by atoms with E-state index in [1.807, 2.05) is 91.0 Å². The van der Waals surface area contributed by atoms with E-state index in [0.29, 0.717) is 17.1 Å². The molecule has 10 nitrogen and oxygen atoms in total. The molecule has 4 aromatic rings. The van der Waals surface area contributed by atoms with Gasteiger partial charge in [0.25, 0.3) is 0 Å². The molecule has 0 bridgehead atoms. The highest BCUT2D eigenvalue weighted by Gasteiger charge is 2.55. The van der Waals surface area contributed by atoms with Crippen molar-refractivity contribution >= 4 is 77.3 Å². The van der Waals surface area contributed by atoms with Gasteiger partial charge in [0.05, 0.1) is 7.11 Å². The molecule has 0 saturated carbocycles. The summed E-state index contributed by atoms with van der Waals surface area (Å²) in [7, 11) is -1.55. The molecule has 2 amide bonds. The number of esters is 1. The molecule has 1 unspecified atom stereocenters. The van der Waals surface area contributed by atoms with Gasteiger partial charge in [-0.3, -0.25) is 14.4 Å². The van der Waals surface area contributed by atoms with Crippen molar-refractivity contribution in [2.45, 2.75) is 64.5 Å². The molecule has 59 heavy (non-hydrogen) atoms. The number of hydrogen-bond donors (Lipinski definition) is 2. The lowest BCUT2D eigenvalue weighted by atomic mass is 9.90. The highest BCUT2D eigenvalue weighted by Crippen LogP contribution is 2.63. The molecule has 0 spiro atoms. The van der Waals surface area contributed by atoms with E-state index in [1.165, 1.54) is 18.9 Å². The van der Waals surface area contributed by atoms with Crippen molar-refractivity contribution < 1.29 is 42.5 Å². The monoisotopic (exact) mass is 842 g/mol. The van der Waals surface area contributed by atoms with Crippen LogP contribution in [0.2, 0.25) is 0 Å². The number of benzene rings is 3. The molecule has 3 N–H and O–H groups in total. The fraction of sp³-hybridized carbons (Fsp3) is 0.295. The molecule has 0 saturated heterocycles. The van der Waals surface area contributed by atoms with Crippen LogP contribution in [0, 0.1) is 19.8 Å². The van der Waals surface area contributed by atoms with Crippen LogP contribution in [0.4, 0.5) is 8.63 Å². The smallest absolute Gasteiger partial charge is 0.737 e. The third kappa shape index (κ3) is 8.90. The maximum Gasteiger partial charge on any atom is 0.737 e. The number of nitrogens with one attached hydrogen (secondary N) is 2. The van der Waals surface area contributed by atoms with E-state index >= 15 is 8.63 Å². The summed E-state index contributed by atoms with van der Waals surface area (Å²) in [6.45, 7) is 4.31. The van der Waals surface area contributed by atoms with E-state index in [2.05, 4.69) is 10.6 Å². The zero-order chi connectivity index (χ0) is 41.8. The standard InChI is InChI=1S/C44H48BF2N4O5PS.H2O/c1-29(2)41(43(55)56-6)49-42(54)38(48-40(53)25-24-33-22-23-34-27-39-30(3)26-31(4)50(39)45(46,47)51(33)34)28-58-44(32(5)52)57(35-16-10-7-11-17-35,36-18-12-8-13-19-36)37-20-14-9-15-21-37;/h7-23,26-27,29,38,41,44H,24-25,28H2,1-6H3,(H-,48,49,53,54);1H2/t38-,41-,44?;/m0./s1. The van der Waals surface area contributed by atoms with Crippen LogP contribution in [-0.2, 0) is 23.9 Å². The summed E-state index contributed by atoms with van der Waals surface area (Å²) >= 11 is 1.28. The number of rotatable bonds is 16. The van der Waals surface area contributed by atoms with Crippen LogP contribution in [0.1, 0.15) is 50.6 Å². The van der Waals surface area contributed by atoms with Gasteiger partial charge in [-0.05, 0) is 80.4 Å². The second kappa shape index (κ2) is 18.8. The van der Waals surface area contributed by atoms with Gasteiger partial charge in [-0.2, -0.15) is 0 Å². The molecule has 3 heterocycles. The normalized spacial score (nSPS) is 15.6. The number of fused-ring (bicyclic) bond motifs is 2. The number of methoxy groups -OCH3 is 1. The first kappa shape index (κ1) is 44.9. The average molecular weight is 843 g/mol. The van der Waals surface area contributed by atoms with Gasteiger partial charge < -0.3 is 38.4 Å². The Kier molecular flexibility index (Phi) is 14.3. The van der Waals surface area contributed by atoms with Gasteiger partial charge in [-0.25, -0.2) is 4.79 Å². The van der Waals surface area contributed by atoms with Gasteiger partial charge in [-0.15, -0.1) is 11.8 Å². The summed E-state index contributed by atoms with van der Waals surface area (Å²) in [5.41, 5.74) is 2.28. The Morgan fingerprint density at radius 3 is 1.90 bits per heavy atom. The van der Waals surface area contributed by atoms with Crippen LogP contribution in [0.15, 0.2) is 115 Å². The van der Waals surface area contributed by atoms with Crippen LogP contribution in [-0.4, -0.2) is 80.6 Å². The number of hydrogen-bond acceptors (Lipinski definition) is 7. The number of carbonyl (C=O) groups is 4. The second-order valence-electron chi connectivity index (χ2n) is 15.0. The fourth-order valence-corrected chi connectivity index (χ4v) is 15.3. The first-order valence-corrected chi connectivity index (χ1v) is 22.2. The molecule has 6 rings (SSSR count). The summed E-state index contributed by atoms with van der Waals surface area (Å²) in [5, 5.41) is 8.53. The van der Waals surface area contributed by atoms with Gasteiger partial charge in [0.15, 0.2) is 16.5 Å². The van der Waals surface area contributed by atoms with Gasteiger partial charge in [0, 0.05) is 42.5 Å². The Hall–Kier alpha value is -5.17. The second-order valence-corrected chi connectivity index (χ2v) is 20.0. The summed E-state index contributed by atoms with van der Waals surface area (Å²) in [5.74, 6) is -2.30. The van der Waals surface area contributed by atoms with E-state index in [4.69, 9.17) is 4.74 Å². The number of aryl methyl sites for hydroxylation is 2. The molecule has 2 aliphatic heterocycles. The minimum Gasteiger partial charge on any atom is -0.870 e. The molecule has 310 valence electrons. The molecular weight excluding hydrogens is 792 g/mol. The van der Waals surface area contributed by atoms with Crippen LogP contribution < -0.4 is 26.5 Å². The molecule has 1 aromatic heterocycles. The van der Waals surface area contributed by atoms with Crippen LogP contribution >= 0.6 is 19.0 Å². The van der Waals surface area contributed by atoms with E-state index in [9.17, 15) is 19.2 Å². The number of ether oxygens (including phenoxy) is 1. The Morgan fingerprint density at radius 2 is 1.41 bits per heavy atom. The lowest BCUT2D eigenvalue weighted by molar-refractivity contribution is -0.362. The summed E-state index contributed by atoms with van der Waals surface area (Å²) < 4.78 is 39.3. The predicted molar refractivity (Wildman–Crippen MR) is 234 cm³/mol. The number of thioether (sulfide) groups is 1. The zero-order valence-electron chi connectivity index (χ0n) is 34.0. The van der Waals surface area contributed by atoms with Crippen molar-refractivity contribution in [3.63, 3.8) is 0 Å². The van der Waals surface area contributed by atoms with Crippen molar-refractivity contribution in [1.82, 2.24) is 15.1 Å². The Labute approximate surface area is 348 Å². The Morgan fingerprint density at radius 1 is 0.864 bits per heavy atom. The Balaban J connectivity index is 0.00000661. The molecular formula is C44H50BF2N4O6PS. The minimum absolute atomic E-state index is 0. The first-order valence-electron chi connectivity index (χ1n) is 19.3. The maximum atomic E-state index is 16.1. The molecule has 0 aliphatic carbocycles. The van der Waals surface area contributed by atoms with E-state index in [1.54, 1.807) is 58.9 Å². The van der Waals surface area contributed by atoms with Crippen molar-refractivity contribution in [2.75, 3.05) is 12.9 Å². The lowest BCUT2D eigenvalue weighted by Crippen LogP contribution is -2.54. The highest BCUT2D eigenvalue weighted by atomic mass is 32.2. The minimum atomic E-state index is -4.22. The molecule has 0 radical (unpaired) electrons. The van der Waals surface area contributed by atoms with Crippen LogP contribution in [0.5, 0.6) is 0 Å². The summed E-state index contributed by atoms with van der Waals surface area (Å²) in [4.78, 5) is 54.2. The number of nitrogens with zero attached hydrogens (tertiary/aromatic N) is 2. The Bertz CT molecular complexity index is 2190. The van der Waals surface area contributed by atoms with Crippen molar-refractivity contribution in [2.24, 2.45) is 5.92 Å². The van der Waals surface area contributed by atoms with Crippen molar-refractivity contribution in [1.29, 1.82) is 0 Å². The molecule has 0 fully saturated rings. The molecule has 3 atom stereocenters. The zero-order valence-corrected chi connectivity index (χ0v) is 35.7. The molecule has 2 aliphatic rings. The third-order valence-electron chi connectivity index (χ3n) is 10.7. The number of aromatic nitrogens is 1. The van der Waals surface area contributed by atoms with E-state index < -0.39 is 49.1 Å². The SMILES string of the molecule is COC(=O)[C@@H](NC(=O)[C@H](CSC(C(C)=O)[P+](c1ccccc1)(c1ccccc1)c1ccccc1)NC(=O)CCC1=[N+]2C(=Cc3c(C)cc(C)n3[B-]2(F)F)C=C1)C(C)C.[OH-]. The average Bonchev–Trinajstić information content (AvgIpc) is 3.77. The van der Waals surface area contributed by atoms with E-state index in [0.717, 1.165) is 30.4 Å². The van der Waals surface area contributed by atoms with Gasteiger partial charge in [0.1, 0.15) is 41.0 Å². The predicted octanol–water partition coefficient (Wildman–Crippen LogP) is 5.75. The number of halogens is 2. The quantitative estimate of drug-likeness (QED) is 0.0833. The van der Waals surface area contributed by atoms with Crippen LogP contribution in [0.25, 0.3) is 6.08 Å². The van der Waals surface area contributed by atoms with Crippen molar-refractivity contribution in [3.05, 3.63) is 132 Å². The molecule has 3 aromatic carbocycles. The van der Waals surface area contributed by atoms with Crippen LogP contribution in [0.3, 0.4) is 0 Å². The maximum absolute atomic E-state index is 16.1. The summed E-state index contributed by atoms with van der Waals surface area (Å²) in [6.07, 6.45) is 4.74. The van der Waals surface area contributed by atoms with Gasteiger partial charge in [-0.1, -0.05) is 68.4 Å². The van der Waals surface area contributed by atoms with Crippen molar-refractivity contribution in [3.8, 4) is 0 Å². The highest BCUT2D eigenvalue weighted by molar-refractivity contribution is 8.15. The number of ketones is 1. The number of Topliss-reactive ketones (excluding diaryl/α,β-unsaturated/α-hetero) is 1.